The quantitative estimate of drug-likeness (QED) is 0.710. The van der Waals surface area contributed by atoms with Crippen molar-refractivity contribution in [3.05, 3.63) is 11.6 Å². The zero-order chi connectivity index (χ0) is 11.6. The third kappa shape index (κ3) is 1.10. The van der Waals surface area contributed by atoms with Gasteiger partial charge in [-0.3, -0.25) is 9.59 Å². The molecule has 2 amide bonds. The van der Waals surface area contributed by atoms with Gasteiger partial charge in [-0.05, 0) is 31.1 Å². The third-order valence-corrected chi connectivity index (χ3v) is 5.29. The van der Waals surface area contributed by atoms with Crippen molar-refractivity contribution in [2.45, 2.75) is 19.3 Å². The molecule has 3 aliphatic rings. The lowest BCUT2D eigenvalue weighted by molar-refractivity contribution is -0.123. The molecule has 88 valence electrons. The summed E-state index contributed by atoms with van der Waals surface area (Å²) in [5.41, 5.74) is 0. The summed E-state index contributed by atoms with van der Waals surface area (Å²) in [5, 5.41) is 2.35. The lowest BCUT2D eigenvalue weighted by Crippen LogP contribution is -2.32. The molecule has 0 unspecified atom stereocenters. The van der Waals surface area contributed by atoms with Crippen LogP contribution >= 0.6 is 11.3 Å². The second kappa shape index (κ2) is 3.16. The van der Waals surface area contributed by atoms with Gasteiger partial charge in [-0.15, -0.1) is 11.3 Å². The number of hydrogen-bond acceptors (Lipinski definition) is 4. The third-order valence-electron chi connectivity index (χ3n) is 4.54. The average molecular weight is 248 g/mol. The van der Waals surface area contributed by atoms with Gasteiger partial charge < -0.3 is 0 Å². The molecule has 17 heavy (non-hydrogen) atoms. The molecule has 4 rings (SSSR count). The van der Waals surface area contributed by atoms with E-state index in [-0.39, 0.29) is 23.7 Å². The van der Waals surface area contributed by atoms with Crippen molar-refractivity contribution >= 4 is 28.3 Å². The molecule has 4 atom stereocenters. The Hall–Kier alpha value is -1.23. The molecule has 5 heteroatoms. The topological polar surface area (TPSA) is 50.3 Å². The zero-order valence-electron chi connectivity index (χ0n) is 9.20. The highest BCUT2D eigenvalue weighted by atomic mass is 32.1. The fraction of sp³-hybridized carbons (Fsp3) is 0.583. The van der Waals surface area contributed by atoms with E-state index in [1.165, 1.54) is 16.2 Å². The van der Waals surface area contributed by atoms with Crippen molar-refractivity contribution in [3.63, 3.8) is 0 Å². The number of thiazole rings is 1. The van der Waals surface area contributed by atoms with E-state index in [1.54, 1.807) is 11.6 Å². The van der Waals surface area contributed by atoms with Crippen LogP contribution in [-0.4, -0.2) is 16.8 Å². The summed E-state index contributed by atoms with van der Waals surface area (Å²) in [6, 6.07) is 0. The first-order valence-corrected chi connectivity index (χ1v) is 6.92. The predicted octanol–water partition coefficient (Wildman–Crippen LogP) is 1.68. The summed E-state index contributed by atoms with van der Waals surface area (Å²) in [5.74, 6) is 0.831. The predicted molar refractivity (Wildman–Crippen MR) is 62.4 cm³/mol. The highest BCUT2D eigenvalue weighted by Gasteiger charge is 2.61. The van der Waals surface area contributed by atoms with Gasteiger partial charge in [0.1, 0.15) is 0 Å². The number of imide groups is 1. The van der Waals surface area contributed by atoms with Crippen LogP contribution in [0.15, 0.2) is 11.6 Å². The molecule has 2 heterocycles. The lowest BCUT2D eigenvalue weighted by atomic mass is 9.81. The number of carbonyl (C=O) groups excluding carboxylic acids is 2. The molecular weight excluding hydrogens is 236 g/mol. The maximum Gasteiger partial charge on any atom is 0.239 e. The monoisotopic (exact) mass is 248 g/mol. The van der Waals surface area contributed by atoms with Crippen LogP contribution in [-0.2, 0) is 9.59 Å². The minimum atomic E-state index is -0.0369. The second-order valence-electron chi connectivity index (χ2n) is 5.21. The Morgan fingerprint density at radius 2 is 1.82 bits per heavy atom. The van der Waals surface area contributed by atoms with Gasteiger partial charge in [0.2, 0.25) is 11.8 Å². The fourth-order valence-electron chi connectivity index (χ4n) is 3.92. The van der Waals surface area contributed by atoms with Crippen molar-refractivity contribution in [1.29, 1.82) is 0 Å². The van der Waals surface area contributed by atoms with Gasteiger partial charge in [-0.1, -0.05) is 0 Å². The Morgan fingerprint density at radius 3 is 2.35 bits per heavy atom. The summed E-state index contributed by atoms with van der Waals surface area (Å²) in [6.45, 7) is 0. The number of nitrogens with zero attached hydrogens (tertiary/aromatic N) is 2. The van der Waals surface area contributed by atoms with E-state index in [0.29, 0.717) is 17.0 Å². The van der Waals surface area contributed by atoms with Crippen LogP contribution < -0.4 is 4.90 Å². The van der Waals surface area contributed by atoms with Gasteiger partial charge >= 0.3 is 0 Å². The molecule has 2 saturated carbocycles. The molecule has 2 aliphatic carbocycles. The summed E-state index contributed by atoms with van der Waals surface area (Å²) in [7, 11) is 0. The molecule has 0 aromatic carbocycles. The molecule has 1 aromatic rings. The van der Waals surface area contributed by atoms with Crippen molar-refractivity contribution in [3.8, 4) is 0 Å². The molecule has 4 nitrogen and oxygen atoms in total. The van der Waals surface area contributed by atoms with Crippen LogP contribution in [0, 0.1) is 23.7 Å². The maximum absolute atomic E-state index is 12.4. The zero-order valence-corrected chi connectivity index (χ0v) is 10.0. The number of aromatic nitrogens is 1. The standard InChI is InChI=1S/C12H12N2O2S/c15-10-8-6-1-2-7(5-6)9(8)11(16)14(10)12-13-3-4-17-12/h3-4,6-9H,1-2,5H2/t6-,7-,8-,9-/m1/s1. The van der Waals surface area contributed by atoms with Gasteiger partial charge in [0, 0.05) is 11.6 Å². The van der Waals surface area contributed by atoms with E-state index in [1.807, 2.05) is 0 Å². The van der Waals surface area contributed by atoms with Crippen molar-refractivity contribution < 1.29 is 9.59 Å². The largest absolute Gasteiger partial charge is 0.274 e. The molecule has 0 radical (unpaired) electrons. The smallest absolute Gasteiger partial charge is 0.239 e. The number of fused-ring (bicyclic) bond motifs is 5. The summed E-state index contributed by atoms with van der Waals surface area (Å²) < 4.78 is 0. The Bertz CT molecular complexity index is 471. The average Bonchev–Trinajstić information content (AvgIpc) is 3.03. The van der Waals surface area contributed by atoms with Crippen LogP contribution in [0.4, 0.5) is 5.13 Å². The highest BCUT2D eigenvalue weighted by Crippen LogP contribution is 2.56. The molecule has 1 aromatic heterocycles. The van der Waals surface area contributed by atoms with E-state index in [9.17, 15) is 9.59 Å². The molecule has 1 saturated heterocycles. The van der Waals surface area contributed by atoms with E-state index in [4.69, 9.17) is 0 Å². The van der Waals surface area contributed by atoms with Crippen LogP contribution in [0.2, 0.25) is 0 Å². The first-order chi connectivity index (χ1) is 8.27. The number of hydrogen-bond donors (Lipinski definition) is 0. The Morgan fingerprint density at radius 1 is 1.18 bits per heavy atom. The molecule has 0 N–H and O–H groups in total. The van der Waals surface area contributed by atoms with Crippen LogP contribution in [0.3, 0.4) is 0 Å². The normalized spacial score (nSPS) is 39.2. The van der Waals surface area contributed by atoms with Gasteiger partial charge in [-0.25, -0.2) is 9.88 Å². The Balaban J connectivity index is 1.77. The number of carbonyl (C=O) groups is 2. The van der Waals surface area contributed by atoms with Crippen molar-refractivity contribution in [1.82, 2.24) is 4.98 Å². The van der Waals surface area contributed by atoms with Gasteiger partial charge in [0.15, 0.2) is 5.13 Å². The summed E-state index contributed by atoms with van der Waals surface area (Å²) in [4.78, 5) is 30.2. The number of amides is 2. The van der Waals surface area contributed by atoms with Crippen LogP contribution in [0.1, 0.15) is 19.3 Å². The Labute approximate surface area is 103 Å². The molecule has 2 bridgehead atoms. The molecule has 3 fully saturated rings. The first kappa shape index (κ1) is 9.76. The second-order valence-corrected chi connectivity index (χ2v) is 6.08. The SMILES string of the molecule is O=C1[C@@H]2[C@@H]3CC[C@H](C3)[C@H]2C(=O)N1c1nccs1. The van der Waals surface area contributed by atoms with E-state index in [0.717, 1.165) is 19.3 Å². The highest BCUT2D eigenvalue weighted by molar-refractivity contribution is 7.14. The van der Waals surface area contributed by atoms with Crippen molar-refractivity contribution in [2.24, 2.45) is 23.7 Å². The fourth-order valence-corrected chi connectivity index (χ4v) is 4.57. The van der Waals surface area contributed by atoms with Crippen LogP contribution in [0.25, 0.3) is 0 Å². The molecule has 1 aliphatic heterocycles. The molecule has 0 spiro atoms. The maximum atomic E-state index is 12.4. The minimum absolute atomic E-state index is 0.00199. The van der Waals surface area contributed by atoms with Gasteiger partial charge in [0.25, 0.3) is 0 Å². The lowest BCUT2D eigenvalue weighted by Gasteiger charge is -2.19. The summed E-state index contributed by atoms with van der Waals surface area (Å²) >= 11 is 1.36. The van der Waals surface area contributed by atoms with Crippen molar-refractivity contribution in [2.75, 3.05) is 4.90 Å². The van der Waals surface area contributed by atoms with Gasteiger partial charge in [0.05, 0.1) is 11.8 Å². The number of anilines is 1. The van der Waals surface area contributed by atoms with E-state index < -0.39 is 0 Å². The minimum Gasteiger partial charge on any atom is -0.274 e. The molecular formula is C12H12N2O2S. The van der Waals surface area contributed by atoms with E-state index in [2.05, 4.69) is 4.98 Å². The summed E-state index contributed by atoms with van der Waals surface area (Å²) in [6.07, 6.45) is 4.97. The number of rotatable bonds is 1. The Kier molecular flexibility index (Phi) is 1.82. The van der Waals surface area contributed by atoms with Crippen LogP contribution in [0.5, 0.6) is 0 Å². The van der Waals surface area contributed by atoms with Gasteiger partial charge in [-0.2, -0.15) is 0 Å². The van der Waals surface area contributed by atoms with E-state index >= 15 is 0 Å². The first-order valence-electron chi connectivity index (χ1n) is 6.04.